The second-order valence-electron chi connectivity index (χ2n) is 7.48. The Morgan fingerprint density at radius 1 is 1.00 bits per heavy atom. The Hall–Kier alpha value is -2.68. The number of aryl methyl sites for hydroxylation is 3. The van der Waals surface area contributed by atoms with Crippen LogP contribution in [-0.4, -0.2) is 44.9 Å². The molecule has 0 bridgehead atoms. The molecule has 0 spiro atoms. The minimum Gasteiger partial charge on any atom is -0.451 e. The number of rotatable bonds is 4. The number of carbonyl (C=O) groups is 1. The van der Waals surface area contributed by atoms with Crippen molar-refractivity contribution in [1.29, 1.82) is 0 Å². The van der Waals surface area contributed by atoms with Gasteiger partial charge in [-0.2, -0.15) is 4.31 Å². The third kappa shape index (κ3) is 3.74. The van der Waals surface area contributed by atoms with E-state index in [1.165, 1.54) is 16.4 Å². The highest BCUT2D eigenvalue weighted by molar-refractivity contribution is 7.89. The highest BCUT2D eigenvalue weighted by Crippen LogP contribution is 2.29. The summed E-state index contributed by atoms with van der Waals surface area (Å²) >= 11 is 0. The lowest BCUT2D eigenvalue weighted by Gasteiger charge is -2.26. The van der Waals surface area contributed by atoms with Crippen LogP contribution in [0.4, 0.5) is 5.69 Å². The molecule has 2 heterocycles. The quantitative estimate of drug-likeness (QED) is 0.685. The van der Waals surface area contributed by atoms with Crippen LogP contribution in [0.1, 0.15) is 27.2 Å². The molecule has 1 aliphatic heterocycles. The average Bonchev–Trinajstić information content (AvgIpc) is 3.05. The summed E-state index contributed by atoms with van der Waals surface area (Å²) in [5.41, 5.74) is 4.17. The van der Waals surface area contributed by atoms with Gasteiger partial charge in [0.05, 0.1) is 18.1 Å². The van der Waals surface area contributed by atoms with E-state index in [4.69, 9.17) is 9.15 Å². The van der Waals surface area contributed by atoms with Crippen molar-refractivity contribution in [2.45, 2.75) is 25.7 Å². The van der Waals surface area contributed by atoms with Gasteiger partial charge in [-0.25, -0.2) is 8.42 Å². The minimum absolute atomic E-state index is 0.188. The standard InChI is InChI=1S/C22H24N2O5S/c1-14-12-19-16(3)21(29-20(19)13-15(14)2)22(25)23-17-4-6-18(7-5-17)30(26,27)24-8-10-28-11-9-24/h4-7,12-13H,8-11H2,1-3H3,(H,23,25). The summed E-state index contributed by atoms with van der Waals surface area (Å²) in [4.78, 5) is 12.9. The molecule has 0 saturated carbocycles. The maximum atomic E-state index is 12.8. The predicted molar refractivity (Wildman–Crippen MR) is 114 cm³/mol. The molecule has 7 nitrogen and oxygen atoms in total. The fourth-order valence-corrected chi connectivity index (χ4v) is 4.93. The molecule has 0 aliphatic carbocycles. The van der Waals surface area contributed by atoms with E-state index in [9.17, 15) is 13.2 Å². The van der Waals surface area contributed by atoms with E-state index in [0.29, 0.717) is 37.6 Å². The van der Waals surface area contributed by atoms with Crippen molar-refractivity contribution in [3.05, 3.63) is 58.8 Å². The number of anilines is 1. The number of furan rings is 1. The van der Waals surface area contributed by atoms with Gasteiger partial charge in [0.15, 0.2) is 5.76 Å². The molecule has 4 rings (SSSR count). The summed E-state index contributed by atoms with van der Waals surface area (Å²) in [5, 5.41) is 3.70. The molecule has 8 heteroatoms. The predicted octanol–water partition coefficient (Wildman–Crippen LogP) is 3.63. The fourth-order valence-electron chi connectivity index (χ4n) is 3.53. The largest absolute Gasteiger partial charge is 0.451 e. The summed E-state index contributed by atoms with van der Waals surface area (Å²) in [7, 11) is -3.57. The smallest absolute Gasteiger partial charge is 0.291 e. The number of fused-ring (bicyclic) bond motifs is 1. The van der Waals surface area contributed by atoms with Gasteiger partial charge in [0, 0.05) is 29.7 Å². The summed E-state index contributed by atoms with van der Waals surface area (Å²) in [6.45, 7) is 7.34. The van der Waals surface area contributed by atoms with Gasteiger partial charge in [0.25, 0.3) is 5.91 Å². The van der Waals surface area contributed by atoms with Crippen molar-refractivity contribution < 1.29 is 22.4 Å². The number of carbonyl (C=O) groups excluding carboxylic acids is 1. The lowest BCUT2D eigenvalue weighted by atomic mass is 10.1. The molecule has 1 N–H and O–H groups in total. The maximum Gasteiger partial charge on any atom is 0.291 e. The van der Waals surface area contributed by atoms with Gasteiger partial charge in [-0.3, -0.25) is 4.79 Å². The Morgan fingerprint density at radius 2 is 1.63 bits per heavy atom. The Bertz CT molecular complexity index is 1210. The lowest BCUT2D eigenvalue weighted by molar-refractivity contribution is 0.0730. The summed E-state index contributed by atoms with van der Waals surface area (Å²) in [6, 6.07) is 10.1. The number of morpholine rings is 1. The first-order valence-electron chi connectivity index (χ1n) is 9.77. The Balaban J connectivity index is 1.54. The van der Waals surface area contributed by atoms with E-state index in [0.717, 1.165) is 22.1 Å². The maximum absolute atomic E-state index is 12.8. The first-order chi connectivity index (χ1) is 14.3. The lowest BCUT2D eigenvalue weighted by Crippen LogP contribution is -2.40. The van der Waals surface area contributed by atoms with Gasteiger partial charge < -0.3 is 14.5 Å². The van der Waals surface area contributed by atoms with Gasteiger partial charge in [-0.05, 0) is 68.3 Å². The molecule has 30 heavy (non-hydrogen) atoms. The molecule has 0 atom stereocenters. The van der Waals surface area contributed by atoms with Crippen LogP contribution in [0.15, 0.2) is 45.7 Å². The molecular weight excluding hydrogens is 404 g/mol. The molecular formula is C22H24N2O5S. The average molecular weight is 429 g/mol. The molecule has 1 aromatic heterocycles. The number of hydrogen-bond donors (Lipinski definition) is 1. The van der Waals surface area contributed by atoms with Crippen molar-refractivity contribution >= 4 is 32.6 Å². The monoisotopic (exact) mass is 428 g/mol. The second-order valence-corrected chi connectivity index (χ2v) is 9.42. The molecule has 2 aromatic carbocycles. The van der Waals surface area contributed by atoms with Crippen LogP contribution in [0.25, 0.3) is 11.0 Å². The number of hydrogen-bond acceptors (Lipinski definition) is 5. The van der Waals surface area contributed by atoms with Crippen LogP contribution < -0.4 is 5.32 Å². The number of benzene rings is 2. The highest BCUT2D eigenvalue weighted by atomic mass is 32.2. The molecule has 1 saturated heterocycles. The van der Waals surface area contributed by atoms with Gasteiger partial charge >= 0.3 is 0 Å². The minimum atomic E-state index is -3.57. The molecule has 158 valence electrons. The molecule has 3 aromatic rings. The molecule has 0 radical (unpaired) electrons. The Labute approximate surface area is 175 Å². The first-order valence-corrected chi connectivity index (χ1v) is 11.2. The van der Waals surface area contributed by atoms with Crippen molar-refractivity contribution in [3.8, 4) is 0 Å². The highest BCUT2D eigenvalue weighted by Gasteiger charge is 2.26. The van der Waals surface area contributed by atoms with Crippen molar-refractivity contribution in [3.63, 3.8) is 0 Å². The Kier molecular flexibility index (Phi) is 5.40. The second kappa shape index (κ2) is 7.86. The van der Waals surface area contributed by atoms with Gasteiger partial charge in [0.1, 0.15) is 5.58 Å². The van der Waals surface area contributed by atoms with Crippen LogP contribution >= 0.6 is 0 Å². The topological polar surface area (TPSA) is 88.8 Å². The van der Waals surface area contributed by atoms with E-state index in [1.807, 2.05) is 32.9 Å². The third-order valence-corrected chi connectivity index (χ3v) is 7.39. The number of sulfonamides is 1. The molecule has 1 aliphatic rings. The van der Waals surface area contributed by atoms with E-state index in [-0.39, 0.29) is 16.6 Å². The number of ether oxygens (including phenoxy) is 1. The zero-order valence-electron chi connectivity index (χ0n) is 17.2. The zero-order valence-corrected chi connectivity index (χ0v) is 18.0. The van der Waals surface area contributed by atoms with E-state index >= 15 is 0 Å². The SMILES string of the molecule is Cc1cc2oc(C(=O)Nc3ccc(S(=O)(=O)N4CCOCC4)cc3)c(C)c2cc1C. The summed E-state index contributed by atoms with van der Waals surface area (Å²) < 4.78 is 37.8. The van der Waals surface area contributed by atoms with Crippen molar-refractivity contribution in [2.75, 3.05) is 31.6 Å². The normalized spacial score (nSPS) is 15.4. The number of amides is 1. The number of nitrogens with one attached hydrogen (secondary N) is 1. The van der Waals surface area contributed by atoms with Crippen LogP contribution in [0.2, 0.25) is 0 Å². The van der Waals surface area contributed by atoms with Crippen LogP contribution in [-0.2, 0) is 14.8 Å². The van der Waals surface area contributed by atoms with Crippen molar-refractivity contribution in [1.82, 2.24) is 4.31 Å². The van der Waals surface area contributed by atoms with E-state index in [1.54, 1.807) is 12.1 Å². The van der Waals surface area contributed by atoms with Crippen LogP contribution in [0.5, 0.6) is 0 Å². The van der Waals surface area contributed by atoms with E-state index < -0.39 is 10.0 Å². The first kappa shape index (κ1) is 20.6. The molecule has 1 fully saturated rings. The summed E-state index contributed by atoms with van der Waals surface area (Å²) in [5.74, 6) is -0.122. The van der Waals surface area contributed by atoms with Gasteiger partial charge in [-0.1, -0.05) is 0 Å². The Morgan fingerprint density at radius 3 is 2.30 bits per heavy atom. The van der Waals surface area contributed by atoms with E-state index in [2.05, 4.69) is 5.32 Å². The van der Waals surface area contributed by atoms with Crippen LogP contribution in [0, 0.1) is 20.8 Å². The molecule has 1 amide bonds. The molecule has 0 unspecified atom stereocenters. The number of nitrogens with zero attached hydrogens (tertiary/aromatic N) is 1. The third-order valence-electron chi connectivity index (χ3n) is 5.48. The fraction of sp³-hybridized carbons (Fsp3) is 0.318. The van der Waals surface area contributed by atoms with Crippen LogP contribution in [0.3, 0.4) is 0 Å². The van der Waals surface area contributed by atoms with Crippen molar-refractivity contribution in [2.24, 2.45) is 0 Å². The zero-order chi connectivity index (χ0) is 21.5. The van der Waals surface area contributed by atoms with Gasteiger partial charge in [-0.15, -0.1) is 0 Å². The van der Waals surface area contributed by atoms with Gasteiger partial charge in [0.2, 0.25) is 10.0 Å². The summed E-state index contributed by atoms with van der Waals surface area (Å²) in [6.07, 6.45) is 0.